The van der Waals surface area contributed by atoms with Crippen molar-refractivity contribution in [1.82, 2.24) is 0 Å². The average molecular weight is 127 g/mol. The molecule has 4 heteroatoms. The van der Waals surface area contributed by atoms with Gasteiger partial charge in [0.2, 0.25) is 0 Å². The Bertz CT molecular complexity index is 156. The molecule has 0 saturated carbocycles. The quantitative estimate of drug-likeness (QED) is 0.320. The largest absolute Gasteiger partial charge is 0.386 e. The lowest BCUT2D eigenvalue weighted by Gasteiger charge is -1.80. The van der Waals surface area contributed by atoms with E-state index in [2.05, 4.69) is 10.2 Å². The predicted octanol–water partition coefficient (Wildman–Crippen LogP) is -0.0617. The standard InChI is InChI=1S/C5H9N3O/c1-4(9)3-7-8-5(2)6/h3H,1-2H3,(H2,6,8)/b7-3-. The maximum absolute atomic E-state index is 10.2. The van der Waals surface area contributed by atoms with E-state index < -0.39 is 0 Å². The minimum atomic E-state index is -0.139. The fourth-order valence-electron chi connectivity index (χ4n) is 0.201. The summed E-state index contributed by atoms with van der Waals surface area (Å²) in [5.74, 6) is 0.201. The van der Waals surface area contributed by atoms with Crippen LogP contribution in [0.5, 0.6) is 0 Å². The van der Waals surface area contributed by atoms with E-state index in [1.807, 2.05) is 0 Å². The van der Waals surface area contributed by atoms with Gasteiger partial charge in [-0.2, -0.15) is 5.10 Å². The first-order valence-corrected chi connectivity index (χ1v) is 2.46. The van der Waals surface area contributed by atoms with Crippen LogP contribution in [0, 0.1) is 0 Å². The molecule has 4 nitrogen and oxygen atoms in total. The second-order valence-corrected chi connectivity index (χ2v) is 1.60. The highest BCUT2D eigenvalue weighted by molar-refractivity contribution is 6.26. The summed E-state index contributed by atoms with van der Waals surface area (Å²) in [6.07, 6.45) is 1.11. The molecule has 0 unspecified atom stereocenters. The summed E-state index contributed by atoms with van der Waals surface area (Å²) in [6.45, 7) is 2.99. The summed E-state index contributed by atoms with van der Waals surface area (Å²) >= 11 is 0. The molecule has 0 aliphatic carbocycles. The summed E-state index contributed by atoms with van der Waals surface area (Å²) in [5, 5.41) is 6.77. The van der Waals surface area contributed by atoms with E-state index in [0.29, 0.717) is 5.84 Å². The smallest absolute Gasteiger partial charge is 0.172 e. The highest BCUT2D eigenvalue weighted by Crippen LogP contribution is 1.70. The van der Waals surface area contributed by atoms with Crippen LogP contribution in [0.1, 0.15) is 13.8 Å². The lowest BCUT2D eigenvalue weighted by molar-refractivity contribution is -0.110. The lowest BCUT2D eigenvalue weighted by atomic mass is 10.5. The van der Waals surface area contributed by atoms with Gasteiger partial charge in [0.1, 0.15) is 5.84 Å². The van der Waals surface area contributed by atoms with Crippen molar-refractivity contribution in [1.29, 1.82) is 0 Å². The summed E-state index contributed by atoms with van der Waals surface area (Å²) in [5.41, 5.74) is 5.10. The number of carbonyl (C=O) groups excluding carboxylic acids is 1. The van der Waals surface area contributed by atoms with Crippen LogP contribution in [0.4, 0.5) is 0 Å². The van der Waals surface area contributed by atoms with Gasteiger partial charge in [-0.15, -0.1) is 5.10 Å². The predicted molar refractivity (Wildman–Crippen MR) is 36.5 cm³/mol. The summed E-state index contributed by atoms with van der Waals surface area (Å²) in [4.78, 5) is 10.2. The van der Waals surface area contributed by atoms with Gasteiger partial charge in [0.05, 0.1) is 6.21 Å². The van der Waals surface area contributed by atoms with Crippen LogP contribution < -0.4 is 5.73 Å². The van der Waals surface area contributed by atoms with Crippen molar-refractivity contribution >= 4 is 17.8 Å². The molecular weight excluding hydrogens is 118 g/mol. The van der Waals surface area contributed by atoms with E-state index in [-0.39, 0.29) is 5.78 Å². The molecule has 0 atom stereocenters. The van der Waals surface area contributed by atoms with Gasteiger partial charge >= 0.3 is 0 Å². The van der Waals surface area contributed by atoms with Crippen molar-refractivity contribution in [2.45, 2.75) is 13.8 Å². The Morgan fingerprint density at radius 2 is 2.11 bits per heavy atom. The Balaban J connectivity index is 3.74. The molecule has 0 spiro atoms. The third kappa shape index (κ3) is 6.81. The first-order valence-electron chi connectivity index (χ1n) is 2.46. The van der Waals surface area contributed by atoms with Gasteiger partial charge in [-0.05, 0) is 6.92 Å². The monoisotopic (exact) mass is 127 g/mol. The van der Waals surface area contributed by atoms with Crippen LogP contribution in [-0.4, -0.2) is 17.8 Å². The highest BCUT2D eigenvalue weighted by atomic mass is 16.1. The van der Waals surface area contributed by atoms with Crippen LogP contribution in [0.25, 0.3) is 0 Å². The fourth-order valence-corrected chi connectivity index (χ4v) is 0.201. The molecule has 0 heterocycles. The summed E-state index contributed by atoms with van der Waals surface area (Å²) < 4.78 is 0. The first kappa shape index (κ1) is 7.81. The van der Waals surface area contributed by atoms with E-state index in [1.165, 1.54) is 6.92 Å². The maximum atomic E-state index is 10.2. The zero-order chi connectivity index (χ0) is 7.28. The van der Waals surface area contributed by atoms with Crippen LogP contribution in [0.3, 0.4) is 0 Å². The molecule has 0 saturated heterocycles. The third-order valence-corrected chi connectivity index (χ3v) is 0.455. The Kier molecular flexibility index (Phi) is 3.27. The van der Waals surface area contributed by atoms with Gasteiger partial charge < -0.3 is 5.73 Å². The zero-order valence-electron chi connectivity index (χ0n) is 5.46. The molecule has 9 heavy (non-hydrogen) atoms. The lowest BCUT2D eigenvalue weighted by Crippen LogP contribution is -2.03. The van der Waals surface area contributed by atoms with Crippen molar-refractivity contribution in [3.8, 4) is 0 Å². The number of carbonyl (C=O) groups is 1. The minimum absolute atomic E-state index is 0.139. The Labute approximate surface area is 53.5 Å². The Morgan fingerprint density at radius 1 is 1.56 bits per heavy atom. The van der Waals surface area contributed by atoms with Crippen LogP contribution >= 0.6 is 0 Å². The second kappa shape index (κ2) is 3.77. The number of ketones is 1. The molecular formula is C5H9N3O. The van der Waals surface area contributed by atoms with E-state index in [0.717, 1.165) is 6.21 Å². The van der Waals surface area contributed by atoms with Gasteiger partial charge in [-0.3, -0.25) is 4.79 Å². The maximum Gasteiger partial charge on any atom is 0.172 e. The number of nitrogens with zero attached hydrogens (tertiary/aromatic N) is 2. The summed E-state index contributed by atoms with van der Waals surface area (Å²) in [6, 6.07) is 0. The number of Topliss-reactive ketones (excluding diaryl/α,β-unsaturated/α-hetero) is 1. The molecule has 0 amide bonds. The molecule has 0 rings (SSSR count). The molecule has 0 aromatic rings. The van der Waals surface area contributed by atoms with Gasteiger partial charge in [-0.25, -0.2) is 0 Å². The van der Waals surface area contributed by atoms with Crippen molar-refractivity contribution in [3.63, 3.8) is 0 Å². The molecule has 2 N–H and O–H groups in total. The van der Waals surface area contributed by atoms with Gasteiger partial charge in [0, 0.05) is 6.92 Å². The van der Waals surface area contributed by atoms with Crippen molar-refractivity contribution in [3.05, 3.63) is 0 Å². The molecule has 0 aromatic heterocycles. The van der Waals surface area contributed by atoms with E-state index in [9.17, 15) is 4.79 Å². The minimum Gasteiger partial charge on any atom is -0.386 e. The van der Waals surface area contributed by atoms with Crippen molar-refractivity contribution in [2.75, 3.05) is 0 Å². The van der Waals surface area contributed by atoms with Crippen molar-refractivity contribution in [2.24, 2.45) is 15.9 Å². The van der Waals surface area contributed by atoms with Crippen LogP contribution in [0.15, 0.2) is 10.2 Å². The molecule has 0 aliphatic rings. The van der Waals surface area contributed by atoms with Crippen molar-refractivity contribution < 1.29 is 4.79 Å². The molecule has 0 aliphatic heterocycles. The first-order chi connectivity index (χ1) is 4.13. The zero-order valence-corrected chi connectivity index (χ0v) is 5.46. The highest BCUT2D eigenvalue weighted by Gasteiger charge is 1.79. The third-order valence-electron chi connectivity index (χ3n) is 0.455. The van der Waals surface area contributed by atoms with Crippen LogP contribution in [-0.2, 0) is 4.79 Å². The SMILES string of the molecule is CC(=O)/C=N\N=C(C)N. The molecule has 0 aromatic carbocycles. The van der Waals surface area contributed by atoms with Gasteiger partial charge in [0.25, 0.3) is 0 Å². The molecule has 0 radical (unpaired) electrons. The molecule has 0 fully saturated rings. The van der Waals surface area contributed by atoms with E-state index >= 15 is 0 Å². The molecule has 50 valence electrons. The van der Waals surface area contributed by atoms with Gasteiger partial charge in [-0.1, -0.05) is 0 Å². The van der Waals surface area contributed by atoms with E-state index in [4.69, 9.17) is 5.73 Å². The summed E-state index contributed by atoms with van der Waals surface area (Å²) in [7, 11) is 0. The number of rotatable bonds is 2. The number of amidine groups is 1. The Hall–Kier alpha value is -1.19. The average Bonchev–Trinajstić information content (AvgIpc) is 1.63. The second-order valence-electron chi connectivity index (χ2n) is 1.60. The van der Waals surface area contributed by atoms with Gasteiger partial charge in [0.15, 0.2) is 5.78 Å². The van der Waals surface area contributed by atoms with E-state index in [1.54, 1.807) is 6.92 Å². The molecule has 0 bridgehead atoms. The topological polar surface area (TPSA) is 67.8 Å². The van der Waals surface area contributed by atoms with Crippen LogP contribution in [0.2, 0.25) is 0 Å². The number of hydrogen-bond acceptors (Lipinski definition) is 3. The number of hydrogen-bond donors (Lipinski definition) is 1. The number of nitrogens with two attached hydrogens (primary N) is 1. The fraction of sp³-hybridized carbons (Fsp3) is 0.400. The normalized spacial score (nSPS) is 12.4. The Morgan fingerprint density at radius 3 is 2.44 bits per heavy atom.